The molecule has 5 heteroatoms. The van der Waals surface area contributed by atoms with Gasteiger partial charge >= 0.3 is 5.97 Å². The highest BCUT2D eigenvalue weighted by Gasteiger charge is 2.28. The lowest BCUT2D eigenvalue weighted by molar-refractivity contribution is -0.145. The highest BCUT2D eigenvalue weighted by atomic mass is 32.2. The van der Waals surface area contributed by atoms with Crippen LogP contribution in [0.5, 0.6) is 0 Å². The Morgan fingerprint density at radius 2 is 2.58 bits per heavy atom. The van der Waals surface area contributed by atoms with Crippen LogP contribution in [0.4, 0.5) is 4.79 Å². The smallest absolute Gasteiger partial charge is 0.329 e. The Morgan fingerprint density at radius 1 is 1.83 bits per heavy atom. The molecule has 4 nitrogen and oxygen atoms in total. The van der Waals surface area contributed by atoms with E-state index in [1.807, 2.05) is 6.92 Å². The zero-order valence-corrected chi connectivity index (χ0v) is 7.65. The van der Waals surface area contributed by atoms with Crippen molar-refractivity contribution in [3.05, 3.63) is 0 Å². The van der Waals surface area contributed by atoms with Crippen molar-refractivity contribution in [3.8, 4) is 0 Å². The molecule has 1 saturated heterocycles. The Labute approximate surface area is 75.0 Å². The Kier molecular flexibility index (Phi) is 3.40. The van der Waals surface area contributed by atoms with Gasteiger partial charge in [-0.3, -0.25) is 4.79 Å². The summed E-state index contributed by atoms with van der Waals surface area (Å²) in [6.07, 6.45) is 0.805. The number of ether oxygens (including phenoxy) is 1. The van der Waals surface area contributed by atoms with Crippen molar-refractivity contribution >= 4 is 23.0 Å². The van der Waals surface area contributed by atoms with Crippen LogP contribution in [-0.2, 0) is 9.53 Å². The maximum absolute atomic E-state index is 11.1. The van der Waals surface area contributed by atoms with Crippen LogP contribution in [0, 0.1) is 0 Å². The van der Waals surface area contributed by atoms with Crippen molar-refractivity contribution in [2.75, 3.05) is 12.4 Å². The standard InChI is InChI=1S/C7H11NO3S/c1-2-3-11-6(9)5-4-12-7(10)8-5/h5H,2-4H2,1H3,(H,8,10). The van der Waals surface area contributed by atoms with Crippen LogP contribution in [0.15, 0.2) is 0 Å². The first kappa shape index (κ1) is 9.38. The first-order chi connectivity index (χ1) is 5.74. The van der Waals surface area contributed by atoms with Gasteiger partial charge in [0.05, 0.1) is 6.61 Å². The number of esters is 1. The summed E-state index contributed by atoms with van der Waals surface area (Å²) in [5.41, 5.74) is 0. The van der Waals surface area contributed by atoms with Gasteiger partial charge in [-0.25, -0.2) is 4.79 Å². The minimum atomic E-state index is -0.436. The van der Waals surface area contributed by atoms with E-state index in [4.69, 9.17) is 4.74 Å². The fourth-order valence-electron chi connectivity index (χ4n) is 0.815. The second kappa shape index (κ2) is 4.35. The molecule has 1 fully saturated rings. The van der Waals surface area contributed by atoms with Crippen molar-refractivity contribution in [1.29, 1.82) is 0 Å². The van der Waals surface area contributed by atoms with Crippen LogP contribution >= 0.6 is 11.8 Å². The van der Waals surface area contributed by atoms with Gasteiger partial charge in [-0.05, 0) is 6.42 Å². The number of hydrogen-bond donors (Lipinski definition) is 1. The number of thioether (sulfide) groups is 1. The van der Waals surface area contributed by atoms with Crippen LogP contribution in [-0.4, -0.2) is 29.6 Å². The minimum absolute atomic E-state index is 0.145. The second-order valence-electron chi connectivity index (χ2n) is 2.46. The molecule has 1 atom stereocenters. The Morgan fingerprint density at radius 3 is 3.08 bits per heavy atom. The zero-order valence-electron chi connectivity index (χ0n) is 6.83. The van der Waals surface area contributed by atoms with E-state index < -0.39 is 6.04 Å². The normalized spacial score (nSPS) is 22.1. The van der Waals surface area contributed by atoms with Crippen LogP contribution in [0.1, 0.15) is 13.3 Å². The molecule has 0 spiro atoms. The monoisotopic (exact) mass is 189 g/mol. The number of carbonyl (C=O) groups excluding carboxylic acids is 2. The number of hydrogen-bond acceptors (Lipinski definition) is 4. The lowest BCUT2D eigenvalue weighted by Crippen LogP contribution is -2.35. The molecule has 0 aliphatic carbocycles. The molecule has 0 aromatic heterocycles. The molecule has 1 amide bonds. The SMILES string of the molecule is CCCOC(=O)C1CSC(=O)N1. The third-order valence-corrected chi connectivity index (χ3v) is 2.29. The Hall–Kier alpha value is -0.710. The summed E-state index contributed by atoms with van der Waals surface area (Å²) < 4.78 is 4.86. The lowest BCUT2D eigenvalue weighted by atomic mass is 10.3. The van der Waals surface area contributed by atoms with E-state index in [0.29, 0.717) is 12.4 Å². The van der Waals surface area contributed by atoms with Crippen molar-refractivity contribution in [2.24, 2.45) is 0 Å². The molecular weight excluding hydrogens is 178 g/mol. The molecule has 1 N–H and O–H groups in total. The fraction of sp³-hybridized carbons (Fsp3) is 0.714. The quantitative estimate of drug-likeness (QED) is 0.666. The molecule has 0 aromatic carbocycles. The maximum Gasteiger partial charge on any atom is 0.329 e. The third-order valence-electron chi connectivity index (χ3n) is 1.41. The average molecular weight is 189 g/mol. The van der Waals surface area contributed by atoms with E-state index in [0.717, 1.165) is 18.2 Å². The van der Waals surface area contributed by atoms with Crippen LogP contribution in [0.2, 0.25) is 0 Å². The van der Waals surface area contributed by atoms with Crippen LogP contribution in [0.3, 0.4) is 0 Å². The first-order valence-corrected chi connectivity index (χ1v) is 4.82. The molecule has 12 heavy (non-hydrogen) atoms. The second-order valence-corrected chi connectivity index (χ2v) is 3.46. The molecule has 0 aromatic rings. The van der Waals surface area contributed by atoms with Gasteiger partial charge in [-0.15, -0.1) is 0 Å². The van der Waals surface area contributed by atoms with E-state index >= 15 is 0 Å². The van der Waals surface area contributed by atoms with Gasteiger partial charge in [0.25, 0.3) is 5.24 Å². The molecule has 1 heterocycles. The van der Waals surface area contributed by atoms with Gasteiger partial charge in [0.15, 0.2) is 0 Å². The predicted octanol–water partition coefficient (Wildman–Crippen LogP) is 0.765. The van der Waals surface area contributed by atoms with E-state index in [2.05, 4.69) is 5.32 Å². The van der Waals surface area contributed by atoms with Gasteiger partial charge in [-0.1, -0.05) is 18.7 Å². The molecular formula is C7H11NO3S. The molecule has 1 aliphatic heterocycles. The fourth-order valence-corrected chi connectivity index (χ4v) is 1.58. The van der Waals surface area contributed by atoms with Crippen LogP contribution < -0.4 is 5.32 Å². The number of amides is 1. The molecule has 0 bridgehead atoms. The molecule has 68 valence electrons. The van der Waals surface area contributed by atoms with Crippen molar-refractivity contribution in [1.82, 2.24) is 5.32 Å². The molecule has 1 rings (SSSR count). The topological polar surface area (TPSA) is 55.4 Å². The summed E-state index contributed by atoms with van der Waals surface area (Å²) in [7, 11) is 0. The van der Waals surface area contributed by atoms with Crippen molar-refractivity contribution in [2.45, 2.75) is 19.4 Å². The van der Waals surface area contributed by atoms with Gasteiger partial charge in [0.2, 0.25) is 0 Å². The maximum atomic E-state index is 11.1. The summed E-state index contributed by atoms with van der Waals surface area (Å²) >= 11 is 1.12. The van der Waals surface area contributed by atoms with Crippen LogP contribution in [0.25, 0.3) is 0 Å². The predicted molar refractivity (Wildman–Crippen MR) is 46.0 cm³/mol. The largest absolute Gasteiger partial charge is 0.464 e. The van der Waals surface area contributed by atoms with E-state index in [9.17, 15) is 9.59 Å². The Bertz CT molecular complexity index is 195. The number of nitrogens with one attached hydrogen (secondary N) is 1. The Balaban J connectivity index is 2.28. The zero-order chi connectivity index (χ0) is 8.97. The summed E-state index contributed by atoms with van der Waals surface area (Å²) in [4.78, 5) is 21.8. The highest BCUT2D eigenvalue weighted by molar-refractivity contribution is 8.14. The average Bonchev–Trinajstić information content (AvgIpc) is 2.47. The van der Waals surface area contributed by atoms with E-state index in [1.165, 1.54) is 0 Å². The number of rotatable bonds is 3. The summed E-state index contributed by atoms with van der Waals surface area (Å²) in [6.45, 7) is 2.35. The van der Waals surface area contributed by atoms with E-state index in [1.54, 1.807) is 0 Å². The summed E-state index contributed by atoms with van der Waals surface area (Å²) in [5.74, 6) is 0.164. The van der Waals surface area contributed by atoms with Crippen molar-refractivity contribution in [3.63, 3.8) is 0 Å². The van der Waals surface area contributed by atoms with Gasteiger partial charge < -0.3 is 10.1 Å². The molecule has 1 unspecified atom stereocenters. The van der Waals surface area contributed by atoms with Crippen molar-refractivity contribution < 1.29 is 14.3 Å². The van der Waals surface area contributed by atoms with E-state index in [-0.39, 0.29) is 11.2 Å². The third kappa shape index (κ3) is 2.41. The lowest BCUT2D eigenvalue weighted by Gasteiger charge is -2.07. The van der Waals surface area contributed by atoms with Gasteiger partial charge in [0.1, 0.15) is 6.04 Å². The molecule has 1 aliphatic rings. The summed E-state index contributed by atoms with van der Waals surface area (Å²) in [5, 5.41) is 2.37. The first-order valence-electron chi connectivity index (χ1n) is 3.84. The van der Waals surface area contributed by atoms with Gasteiger partial charge in [-0.2, -0.15) is 0 Å². The molecule has 0 saturated carbocycles. The number of carbonyl (C=O) groups is 2. The highest BCUT2D eigenvalue weighted by Crippen LogP contribution is 2.13. The summed E-state index contributed by atoms with van der Waals surface area (Å²) in [6, 6.07) is -0.436. The molecule has 0 radical (unpaired) electrons. The van der Waals surface area contributed by atoms with Gasteiger partial charge in [0, 0.05) is 5.75 Å². The minimum Gasteiger partial charge on any atom is -0.464 e.